The lowest BCUT2D eigenvalue weighted by Gasteiger charge is -2.03. The van der Waals surface area contributed by atoms with Crippen LogP contribution < -0.4 is 10.1 Å². The van der Waals surface area contributed by atoms with Crippen LogP contribution in [0.4, 0.5) is 5.88 Å². The van der Waals surface area contributed by atoms with Crippen molar-refractivity contribution in [3.63, 3.8) is 0 Å². The zero-order valence-electron chi connectivity index (χ0n) is 12.2. The highest BCUT2D eigenvalue weighted by atomic mass is 35.5. The van der Waals surface area contributed by atoms with Crippen LogP contribution in [-0.2, 0) is 0 Å². The number of nitrogens with zero attached hydrogens (tertiary/aromatic N) is 1. The quantitative estimate of drug-likeness (QED) is 0.777. The minimum atomic E-state index is -0.303. The summed E-state index contributed by atoms with van der Waals surface area (Å²) in [5.74, 6) is 0.572. The molecule has 3 rings (SSSR count). The van der Waals surface area contributed by atoms with Gasteiger partial charge in [0.25, 0.3) is 5.91 Å². The molecule has 1 aromatic heterocycles. The Labute approximate surface area is 137 Å². The number of halogens is 1. The lowest BCUT2D eigenvalue weighted by Crippen LogP contribution is -2.11. The fraction of sp³-hybridized carbons (Fsp3) is 0.0588. The van der Waals surface area contributed by atoms with E-state index >= 15 is 0 Å². The van der Waals surface area contributed by atoms with Crippen LogP contribution in [0.3, 0.4) is 0 Å². The fourth-order valence-corrected chi connectivity index (χ4v) is 2.17. The predicted molar refractivity (Wildman–Crippen MR) is 87.9 cm³/mol. The minimum absolute atomic E-state index is 0.266. The number of nitrogens with one attached hydrogen (secondary N) is 1. The van der Waals surface area contributed by atoms with Crippen LogP contribution in [0.15, 0.2) is 59.1 Å². The van der Waals surface area contributed by atoms with Gasteiger partial charge in [-0.15, -0.1) is 0 Å². The van der Waals surface area contributed by atoms with Gasteiger partial charge in [-0.25, -0.2) is 0 Å². The Morgan fingerprint density at radius 3 is 2.70 bits per heavy atom. The van der Waals surface area contributed by atoms with Crippen LogP contribution in [0.5, 0.6) is 5.75 Å². The maximum Gasteiger partial charge on any atom is 0.258 e. The molecule has 5 nitrogen and oxygen atoms in total. The number of aromatic nitrogens is 1. The molecule has 0 aliphatic rings. The van der Waals surface area contributed by atoms with E-state index in [1.54, 1.807) is 49.6 Å². The van der Waals surface area contributed by atoms with E-state index in [1.165, 1.54) is 0 Å². The lowest BCUT2D eigenvalue weighted by molar-refractivity contribution is 0.102. The Morgan fingerprint density at radius 1 is 1.17 bits per heavy atom. The summed E-state index contributed by atoms with van der Waals surface area (Å²) in [4.78, 5) is 12.2. The molecular formula is C17H13ClN2O3. The van der Waals surface area contributed by atoms with E-state index in [2.05, 4.69) is 10.5 Å². The van der Waals surface area contributed by atoms with Crippen LogP contribution in [-0.4, -0.2) is 18.2 Å². The number of amides is 1. The SMILES string of the molecule is COc1cccc(C(=O)Nc2cc(-c3ccc(Cl)cc3)no2)c1. The number of benzene rings is 2. The molecule has 1 amide bonds. The molecule has 0 unspecified atom stereocenters. The van der Waals surface area contributed by atoms with E-state index in [0.29, 0.717) is 22.0 Å². The Hall–Kier alpha value is -2.79. The third-order valence-electron chi connectivity index (χ3n) is 3.22. The summed E-state index contributed by atoms with van der Waals surface area (Å²) in [6, 6.07) is 15.7. The van der Waals surface area contributed by atoms with E-state index in [9.17, 15) is 4.79 Å². The van der Waals surface area contributed by atoms with Crippen molar-refractivity contribution < 1.29 is 14.1 Å². The van der Waals surface area contributed by atoms with E-state index in [0.717, 1.165) is 5.56 Å². The van der Waals surface area contributed by atoms with E-state index in [-0.39, 0.29) is 11.8 Å². The van der Waals surface area contributed by atoms with E-state index < -0.39 is 0 Å². The van der Waals surface area contributed by atoms with Crippen molar-refractivity contribution in [2.24, 2.45) is 0 Å². The van der Waals surface area contributed by atoms with Crippen molar-refractivity contribution in [3.05, 3.63) is 65.2 Å². The van der Waals surface area contributed by atoms with Crippen molar-refractivity contribution in [3.8, 4) is 17.0 Å². The van der Waals surface area contributed by atoms with Gasteiger partial charge in [-0.3, -0.25) is 10.1 Å². The molecule has 0 aliphatic heterocycles. The molecule has 0 aliphatic carbocycles. The van der Waals surface area contributed by atoms with Gasteiger partial charge in [-0.2, -0.15) is 0 Å². The smallest absolute Gasteiger partial charge is 0.258 e. The number of carbonyl (C=O) groups is 1. The van der Waals surface area contributed by atoms with Gasteiger partial charge in [0.2, 0.25) is 5.88 Å². The third kappa shape index (κ3) is 3.52. The van der Waals surface area contributed by atoms with Crippen LogP contribution in [0, 0.1) is 0 Å². The first-order valence-electron chi connectivity index (χ1n) is 6.84. The summed E-state index contributed by atoms with van der Waals surface area (Å²) < 4.78 is 10.3. The number of rotatable bonds is 4. The Kier molecular flexibility index (Phi) is 4.30. The average molecular weight is 329 g/mol. The Bertz CT molecular complexity index is 828. The summed E-state index contributed by atoms with van der Waals surface area (Å²) in [6.45, 7) is 0. The summed E-state index contributed by atoms with van der Waals surface area (Å²) >= 11 is 5.85. The molecule has 0 fully saturated rings. The normalized spacial score (nSPS) is 10.3. The fourth-order valence-electron chi connectivity index (χ4n) is 2.04. The first-order chi connectivity index (χ1) is 11.2. The second-order valence-corrected chi connectivity index (χ2v) is 5.21. The van der Waals surface area contributed by atoms with Crippen molar-refractivity contribution in [2.75, 3.05) is 12.4 Å². The molecule has 116 valence electrons. The number of hydrogen-bond acceptors (Lipinski definition) is 4. The molecule has 0 saturated carbocycles. The Morgan fingerprint density at radius 2 is 1.96 bits per heavy atom. The number of methoxy groups -OCH3 is 1. The number of ether oxygens (including phenoxy) is 1. The largest absolute Gasteiger partial charge is 0.497 e. The molecule has 2 aromatic carbocycles. The van der Waals surface area contributed by atoms with Gasteiger partial charge in [-0.05, 0) is 30.3 Å². The third-order valence-corrected chi connectivity index (χ3v) is 3.47. The van der Waals surface area contributed by atoms with E-state index in [1.807, 2.05) is 12.1 Å². The lowest BCUT2D eigenvalue weighted by atomic mass is 10.1. The highest BCUT2D eigenvalue weighted by Crippen LogP contribution is 2.23. The number of anilines is 1. The molecule has 1 heterocycles. The Balaban J connectivity index is 1.75. The molecule has 3 aromatic rings. The van der Waals surface area contributed by atoms with Crippen molar-refractivity contribution in [1.82, 2.24) is 5.16 Å². The molecule has 6 heteroatoms. The van der Waals surface area contributed by atoms with Gasteiger partial charge >= 0.3 is 0 Å². The van der Waals surface area contributed by atoms with Crippen molar-refractivity contribution in [2.45, 2.75) is 0 Å². The number of hydrogen-bond donors (Lipinski definition) is 1. The second kappa shape index (κ2) is 6.54. The van der Waals surface area contributed by atoms with Crippen LogP contribution >= 0.6 is 11.6 Å². The van der Waals surface area contributed by atoms with Gasteiger partial charge in [0.1, 0.15) is 11.4 Å². The molecule has 0 saturated heterocycles. The van der Waals surface area contributed by atoms with Crippen molar-refractivity contribution >= 4 is 23.4 Å². The van der Waals surface area contributed by atoms with Crippen LogP contribution in [0.2, 0.25) is 5.02 Å². The molecule has 0 bridgehead atoms. The minimum Gasteiger partial charge on any atom is -0.497 e. The highest BCUT2D eigenvalue weighted by molar-refractivity contribution is 6.30. The molecule has 0 spiro atoms. The molecule has 23 heavy (non-hydrogen) atoms. The zero-order chi connectivity index (χ0) is 16.2. The molecule has 1 N–H and O–H groups in total. The van der Waals surface area contributed by atoms with Gasteiger partial charge in [-0.1, -0.05) is 35.0 Å². The average Bonchev–Trinajstić information content (AvgIpc) is 3.04. The molecule has 0 radical (unpaired) electrons. The summed E-state index contributed by atoms with van der Waals surface area (Å²) in [5.41, 5.74) is 1.93. The predicted octanol–water partition coefficient (Wildman–Crippen LogP) is 4.26. The highest BCUT2D eigenvalue weighted by Gasteiger charge is 2.12. The molecular weight excluding hydrogens is 316 g/mol. The maximum atomic E-state index is 12.2. The van der Waals surface area contributed by atoms with Gasteiger partial charge in [0.15, 0.2) is 0 Å². The standard InChI is InChI=1S/C17H13ClN2O3/c1-22-14-4-2-3-12(9-14)17(21)19-16-10-15(20-23-16)11-5-7-13(18)8-6-11/h2-10H,1H3,(H,19,21). The van der Waals surface area contributed by atoms with Crippen LogP contribution in [0.25, 0.3) is 11.3 Å². The molecule has 0 atom stereocenters. The number of carbonyl (C=O) groups excluding carboxylic acids is 1. The summed E-state index contributed by atoms with van der Waals surface area (Å²) in [6.07, 6.45) is 0. The first-order valence-corrected chi connectivity index (χ1v) is 7.21. The van der Waals surface area contributed by atoms with Gasteiger partial charge in [0, 0.05) is 22.2 Å². The van der Waals surface area contributed by atoms with Gasteiger partial charge < -0.3 is 9.26 Å². The summed E-state index contributed by atoms with van der Waals surface area (Å²) in [5, 5.41) is 7.24. The second-order valence-electron chi connectivity index (χ2n) is 4.77. The van der Waals surface area contributed by atoms with Gasteiger partial charge in [0.05, 0.1) is 7.11 Å². The first kappa shape index (κ1) is 15.1. The maximum absolute atomic E-state index is 12.2. The van der Waals surface area contributed by atoms with Crippen molar-refractivity contribution in [1.29, 1.82) is 0 Å². The zero-order valence-corrected chi connectivity index (χ0v) is 13.0. The monoisotopic (exact) mass is 328 g/mol. The topological polar surface area (TPSA) is 64.4 Å². The van der Waals surface area contributed by atoms with Crippen LogP contribution in [0.1, 0.15) is 10.4 Å². The summed E-state index contributed by atoms with van der Waals surface area (Å²) in [7, 11) is 1.55. The van der Waals surface area contributed by atoms with E-state index in [4.69, 9.17) is 20.9 Å².